The van der Waals surface area contributed by atoms with Crippen molar-refractivity contribution in [2.75, 3.05) is 26.7 Å². The van der Waals surface area contributed by atoms with Gasteiger partial charge < -0.3 is 15.0 Å². The first-order chi connectivity index (χ1) is 16.9. The minimum absolute atomic E-state index is 0.0315. The van der Waals surface area contributed by atoms with E-state index in [0.29, 0.717) is 22.8 Å². The quantitative estimate of drug-likeness (QED) is 0.298. The van der Waals surface area contributed by atoms with E-state index in [1.165, 1.54) is 16.8 Å². The number of hydrogen-bond donors (Lipinski definition) is 1. The summed E-state index contributed by atoms with van der Waals surface area (Å²) < 4.78 is 6.69. The molecular weight excluding hydrogens is 446 g/mol. The highest BCUT2D eigenvalue weighted by atomic mass is 16.6. The van der Waals surface area contributed by atoms with Crippen molar-refractivity contribution in [1.29, 1.82) is 0 Å². The zero-order valence-electron chi connectivity index (χ0n) is 20.7. The van der Waals surface area contributed by atoms with E-state index in [2.05, 4.69) is 29.2 Å². The molecule has 186 valence electrons. The summed E-state index contributed by atoms with van der Waals surface area (Å²) in [6.45, 7) is 9.27. The molecule has 1 N–H and O–H groups in total. The van der Waals surface area contributed by atoms with E-state index in [-0.39, 0.29) is 17.6 Å². The average Bonchev–Trinajstić information content (AvgIpc) is 3.32. The number of nitrogens with zero attached hydrogens (tertiary/aromatic N) is 4. The van der Waals surface area contributed by atoms with Gasteiger partial charge in [-0.25, -0.2) is 4.68 Å². The maximum atomic E-state index is 13.3. The largest absolute Gasteiger partial charge is 0.497 e. The van der Waals surface area contributed by atoms with Gasteiger partial charge in [-0.2, -0.15) is 5.10 Å². The Kier molecular flexibility index (Phi) is 8.97. The molecule has 2 aromatic carbocycles. The van der Waals surface area contributed by atoms with Crippen molar-refractivity contribution >= 4 is 11.6 Å². The smallest absolute Gasteiger partial charge is 0.271 e. The van der Waals surface area contributed by atoms with Crippen LogP contribution >= 0.6 is 0 Å². The molecule has 1 heterocycles. The summed E-state index contributed by atoms with van der Waals surface area (Å²) in [7, 11) is 1.59. The van der Waals surface area contributed by atoms with Crippen LogP contribution in [0.4, 0.5) is 5.69 Å². The molecule has 3 aromatic rings. The molecule has 0 aliphatic heterocycles. The van der Waals surface area contributed by atoms with Crippen LogP contribution < -0.4 is 10.1 Å². The molecule has 0 aliphatic carbocycles. The summed E-state index contributed by atoms with van der Waals surface area (Å²) in [4.78, 5) is 26.5. The molecule has 3 rings (SSSR count). The highest BCUT2D eigenvalue weighted by Gasteiger charge is 2.20. The van der Waals surface area contributed by atoms with Crippen molar-refractivity contribution in [2.45, 2.75) is 39.7 Å². The van der Waals surface area contributed by atoms with Crippen LogP contribution in [0.2, 0.25) is 0 Å². The van der Waals surface area contributed by atoms with Crippen LogP contribution in [0.5, 0.6) is 5.75 Å². The molecule has 0 saturated heterocycles. The van der Waals surface area contributed by atoms with Crippen molar-refractivity contribution in [3.63, 3.8) is 0 Å². The molecule has 0 saturated carbocycles. The average molecular weight is 480 g/mol. The molecule has 9 heteroatoms. The van der Waals surface area contributed by atoms with Crippen LogP contribution in [0.3, 0.4) is 0 Å². The molecule has 0 spiro atoms. The fourth-order valence-electron chi connectivity index (χ4n) is 3.91. The second-order valence-corrected chi connectivity index (χ2v) is 8.38. The number of ether oxygens (including phenoxy) is 1. The second-order valence-electron chi connectivity index (χ2n) is 8.38. The van der Waals surface area contributed by atoms with Crippen molar-refractivity contribution in [3.8, 4) is 22.7 Å². The first kappa shape index (κ1) is 25.9. The summed E-state index contributed by atoms with van der Waals surface area (Å²) in [5, 5.41) is 19.0. The van der Waals surface area contributed by atoms with Crippen LogP contribution in [-0.4, -0.2) is 58.3 Å². The summed E-state index contributed by atoms with van der Waals surface area (Å²) >= 11 is 0. The summed E-state index contributed by atoms with van der Waals surface area (Å²) in [6.07, 6.45) is 1.82. The maximum Gasteiger partial charge on any atom is 0.271 e. The molecule has 0 aliphatic rings. The number of amides is 1. The minimum atomic E-state index is -0.463. The van der Waals surface area contributed by atoms with E-state index in [9.17, 15) is 14.9 Å². The summed E-state index contributed by atoms with van der Waals surface area (Å²) in [5.41, 5.74) is 2.07. The lowest BCUT2D eigenvalue weighted by molar-refractivity contribution is -0.384. The molecule has 1 unspecified atom stereocenters. The van der Waals surface area contributed by atoms with Gasteiger partial charge in [-0.1, -0.05) is 19.9 Å². The molecule has 35 heavy (non-hydrogen) atoms. The minimum Gasteiger partial charge on any atom is -0.497 e. The van der Waals surface area contributed by atoms with Crippen LogP contribution in [0.25, 0.3) is 16.9 Å². The van der Waals surface area contributed by atoms with Crippen molar-refractivity contribution in [3.05, 3.63) is 70.4 Å². The Morgan fingerprint density at radius 1 is 1.17 bits per heavy atom. The van der Waals surface area contributed by atoms with Gasteiger partial charge in [0.05, 0.1) is 23.4 Å². The number of hydrogen-bond acceptors (Lipinski definition) is 6. The Labute approximate surface area is 205 Å². The number of aromatic nitrogens is 2. The summed E-state index contributed by atoms with van der Waals surface area (Å²) in [5.74, 6) is 0.433. The molecular formula is C26H33N5O4. The molecule has 0 fully saturated rings. The number of carbonyl (C=O) groups excluding carboxylic acids is 1. The molecule has 1 aromatic heterocycles. The lowest BCUT2D eigenvalue weighted by atomic mass is 10.1. The molecule has 9 nitrogen and oxygen atoms in total. The number of nitrogens with one attached hydrogen (secondary N) is 1. The second kappa shape index (κ2) is 12.1. The fraction of sp³-hybridized carbons (Fsp3) is 0.385. The Bertz CT molecular complexity index is 1140. The molecule has 0 radical (unpaired) electrons. The van der Waals surface area contributed by atoms with Gasteiger partial charge in [-0.15, -0.1) is 0 Å². The van der Waals surface area contributed by atoms with Crippen molar-refractivity contribution in [1.82, 2.24) is 20.0 Å². The van der Waals surface area contributed by atoms with Crippen LogP contribution in [-0.2, 0) is 0 Å². The van der Waals surface area contributed by atoms with E-state index in [1.54, 1.807) is 25.3 Å². The Hall–Kier alpha value is -3.72. The molecule has 0 bridgehead atoms. The van der Waals surface area contributed by atoms with E-state index < -0.39 is 4.92 Å². The number of methoxy groups -OCH3 is 1. The van der Waals surface area contributed by atoms with Crippen LogP contribution in [0.15, 0.2) is 54.6 Å². The van der Waals surface area contributed by atoms with Gasteiger partial charge in [-0.05, 0) is 75.8 Å². The lowest BCUT2D eigenvalue weighted by Crippen LogP contribution is -2.34. The van der Waals surface area contributed by atoms with Gasteiger partial charge in [0, 0.05) is 23.7 Å². The van der Waals surface area contributed by atoms with E-state index in [4.69, 9.17) is 4.74 Å². The molecule has 1 atom stereocenters. The zero-order chi connectivity index (χ0) is 25.4. The van der Waals surface area contributed by atoms with Crippen molar-refractivity contribution < 1.29 is 14.5 Å². The summed E-state index contributed by atoms with van der Waals surface area (Å²) in [6, 6.07) is 15.1. The van der Waals surface area contributed by atoms with Gasteiger partial charge in [0.15, 0.2) is 0 Å². The third kappa shape index (κ3) is 6.66. The van der Waals surface area contributed by atoms with Gasteiger partial charge >= 0.3 is 0 Å². The Morgan fingerprint density at radius 2 is 1.89 bits per heavy atom. The topological polar surface area (TPSA) is 103 Å². The highest BCUT2D eigenvalue weighted by molar-refractivity contribution is 5.94. The van der Waals surface area contributed by atoms with Gasteiger partial charge in [0.25, 0.3) is 11.6 Å². The number of rotatable bonds is 12. The predicted molar refractivity (Wildman–Crippen MR) is 136 cm³/mol. The van der Waals surface area contributed by atoms with E-state index in [0.717, 1.165) is 38.0 Å². The van der Waals surface area contributed by atoms with Crippen LogP contribution in [0, 0.1) is 10.1 Å². The normalized spacial score (nSPS) is 11.9. The predicted octanol–water partition coefficient (Wildman–Crippen LogP) is 4.70. The molecule has 1 amide bonds. The highest BCUT2D eigenvalue weighted by Crippen LogP contribution is 2.25. The number of non-ortho nitro benzene ring substituents is 1. The van der Waals surface area contributed by atoms with E-state index in [1.807, 2.05) is 31.2 Å². The Morgan fingerprint density at radius 3 is 2.51 bits per heavy atom. The maximum absolute atomic E-state index is 13.3. The first-order valence-corrected chi connectivity index (χ1v) is 11.9. The standard InChI is InChI=1S/C26H33N5O4/c1-5-29(6-2)16-8-9-19(3)27-26(32)25-18-24(20-12-14-23(35-4)15-13-20)28-30(25)21-10-7-11-22(17-21)31(33)34/h7,10-15,17-19H,5-6,8-9,16H2,1-4H3,(H,27,32). The number of nitro groups is 1. The lowest BCUT2D eigenvalue weighted by Gasteiger charge is -2.20. The zero-order valence-corrected chi connectivity index (χ0v) is 20.7. The third-order valence-electron chi connectivity index (χ3n) is 6.00. The number of benzene rings is 2. The third-order valence-corrected chi connectivity index (χ3v) is 6.00. The first-order valence-electron chi connectivity index (χ1n) is 11.9. The SMILES string of the molecule is CCN(CC)CCCC(C)NC(=O)c1cc(-c2ccc(OC)cc2)nn1-c1cccc([N+](=O)[O-])c1. The fourth-order valence-corrected chi connectivity index (χ4v) is 3.91. The van der Waals surface area contributed by atoms with Gasteiger partial charge in [-0.3, -0.25) is 14.9 Å². The van der Waals surface area contributed by atoms with Crippen molar-refractivity contribution in [2.24, 2.45) is 0 Å². The monoisotopic (exact) mass is 479 g/mol. The van der Waals surface area contributed by atoms with Crippen LogP contribution in [0.1, 0.15) is 44.1 Å². The number of carbonyl (C=O) groups is 1. The van der Waals surface area contributed by atoms with E-state index >= 15 is 0 Å². The van der Waals surface area contributed by atoms with Gasteiger partial charge in [0.1, 0.15) is 11.4 Å². The number of nitro benzene ring substituents is 1. The van der Waals surface area contributed by atoms with Gasteiger partial charge in [0.2, 0.25) is 0 Å². The Balaban J connectivity index is 1.88.